The molecule has 0 aliphatic carbocycles. The first-order chi connectivity index (χ1) is 12.5. The SMILES string of the molecule is COC(=O)c1cccc([C@H]2CC(=O)Nc3cc4oc(=O)n(C)c4cc32)n1. The first kappa shape index (κ1) is 16.1. The van der Waals surface area contributed by atoms with Gasteiger partial charge in [-0.25, -0.2) is 14.6 Å². The van der Waals surface area contributed by atoms with E-state index in [4.69, 9.17) is 9.15 Å². The molecule has 132 valence electrons. The van der Waals surface area contributed by atoms with Crippen LogP contribution in [-0.4, -0.2) is 28.5 Å². The van der Waals surface area contributed by atoms with Crippen molar-refractivity contribution < 1.29 is 18.7 Å². The lowest BCUT2D eigenvalue weighted by atomic mass is 9.87. The second-order valence-electron chi connectivity index (χ2n) is 6.08. The topological polar surface area (TPSA) is 103 Å². The minimum Gasteiger partial charge on any atom is -0.464 e. The van der Waals surface area contributed by atoms with E-state index in [1.165, 1.54) is 11.7 Å². The summed E-state index contributed by atoms with van der Waals surface area (Å²) < 4.78 is 11.3. The van der Waals surface area contributed by atoms with Crippen molar-refractivity contribution >= 4 is 28.7 Å². The number of anilines is 1. The highest BCUT2D eigenvalue weighted by molar-refractivity contribution is 5.98. The highest BCUT2D eigenvalue weighted by Gasteiger charge is 2.29. The van der Waals surface area contributed by atoms with E-state index >= 15 is 0 Å². The normalized spacial score (nSPS) is 16.2. The van der Waals surface area contributed by atoms with Crippen molar-refractivity contribution in [2.45, 2.75) is 12.3 Å². The number of benzene rings is 1. The Balaban J connectivity index is 1.89. The number of oxazole rings is 1. The number of nitrogens with zero attached hydrogens (tertiary/aromatic N) is 2. The maximum Gasteiger partial charge on any atom is 0.419 e. The summed E-state index contributed by atoms with van der Waals surface area (Å²) in [6.45, 7) is 0. The molecular weight excluding hydrogens is 338 g/mol. The summed E-state index contributed by atoms with van der Waals surface area (Å²) in [7, 11) is 2.91. The molecule has 3 heterocycles. The molecule has 0 bridgehead atoms. The number of amides is 1. The number of esters is 1. The van der Waals surface area contributed by atoms with Gasteiger partial charge in [-0.1, -0.05) is 6.07 Å². The summed E-state index contributed by atoms with van der Waals surface area (Å²) in [5, 5.41) is 2.80. The van der Waals surface area contributed by atoms with Gasteiger partial charge in [-0.05, 0) is 23.8 Å². The molecule has 1 aliphatic heterocycles. The average molecular weight is 353 g/mol. The molecule has 1 N–H and O–H groups in total. The molecule has 1 aromatic carbocycles. The summed E-state index contributed by atoms with van der Waals surface area (Å²) in [5.74, 6) is -1.54. The van der Waals surface area contributed by atoms with Crippen molar-refractivity contribution in [2.75, 3.05) is 12.4 Å². The minimum atomic E-state index is -0.542. The smallest absolute Gasteiger partial charge is 0.419 e. The maximum absolute atomic E-state index is 12.2. The van der Waals surface area contributed by atoms with Crippen LogP contribution in [0, 0.1) is 0 Å². The lowest BCUT2D eigenvalue weighted by molar-refractivity contribution is -0.116. The number of hydrogen-bond acceptors (Lipinski definition) is 6. The highest BCUT2D eigenvalue weighted by Crippen LogP contribution is 2.38. The molecule has 26 heavy (non-hydrogen) atoms. The first-order valence-electron chi connectivity index (χ1n) is 7.96. The molecule has 0 spiro atoms. The van der Waals surface area contributed by atoms with Crippen LogP contribution in [0.15, 0.2) is 39.5 Å². The van der Waals surface area contributed by atoms with Crippen LogP contribution < -0.4 is 11.1 Å². The van der Waals surface area contributed by atoms with Crippen LogP contribution >= 0.6 is 0 Å². The molecular formula is C18H15N3O5. The second kappa shape index (κ2) is 5.83. The number of rotatable bonds is 2. The van der Waals surface area contributed by atoms with Crippen molar-refractivity contribution in [1.82, 2.24) is 9.55 Å². The number of aromatic nitrogens is 2. The van der Waals surface area contributed by atoms with Crippen LogP contribution in [0.2, 0.25) is 0 Å². The average Bonchev–Trinajstić information content (AvgIpc) is 2.92. The Kier molecular flexibility index (Phi) is 3.61. The molecule has 0 saturated carbocycles. The summed E-state index contributed by atoms with van der Waals surface area (Å²) in [6.07, 6.45) is 0.182. The van der Waals surface area contributed by atoms with E-state index in [1.807, 2.05) is 6.07 Å². The van der Waals surface area contributed by atoms with Crippen LogP contribution in [0.3, 0.4) is 0 Å². The van der Waals surface area contributed by atoms with E-state index in [0.29, 0.717) is 22.5 Å². The molecule has 0 saturated heterocycles. The number of pyridine rings is 1. The Morgan fingerprint density at radius 2 is 2.15 bits per heavy atom. The van der Waals surface area contributed by atoms with Crippen molar-refractivity contribution in [2.24, 2.45) is 7.05 Å². The highest BCUT2D eigenvalue weighted by atomic mass is 16.5. The van der Waals surface area contributed by atoms with Gasteiger partial charge in [-0.3, -0.25) is 9.36 Å². The largest absolute Gasteiger partial charge is 0.464 e. The van der Waals surface area contributed by atoms with Crippen LogP contribution in [0.1, 0.15) is 34.1 Å². The third-order valence-electron chi connectivity index (χ3n) is 4.52. The number of nitrogens with one attached hydrogen (secondary N) is 1. The minimum absolute atomic E-state index is 0.175. The zero-order valence-electron chi connectivity index (χ0n) is 14.1. The van der Waals surface area contributed by atoms with Gasteiger partial charge in [0.2, 0.25) is 5.91 Å². The molecule has 0 fully saturated rings. The number of carbonyl (C=O) groups excluding carboxylic acids is 2. The Morgan fingerprint density at radius 3 is 2.92 bits per heavy atom. The third kappa shape index (κ3) is 2.46. The molecule has 1 amide bonds. The summed E-state index contributed by atoms with van der Waals surface area (Å²) >= 11 is 0. The molecule has 8 nitrogen and oxygen atoms in total. The van der Waals surface area contributed by atoms with Gasteiger partial charge in [0.05, 0.1) is 12.6 Å². The van der Waals surface area contributed by atoms with Gasteiger partial charge in [0.15, 0.2) is 5.58 Å². The molecule has 1 atom stereocenters. The van der Waals surface area contributed by atoms with Crippen LogP contribution in [0.25, 0.3) is 11.1 Å². The fourth-order valence-corrected chi connectivity index (χ4v) is 3.21. The van der Waals surface area contributed by atoms with E-state index in [2.05, 4.69) is 10.3 Å². The van der Waals surface area contributed by atoms with Crippen molar-refractivity contribution in [3.8, 4) is 0 Å². The summed E-state index contributed by atoms with van der Waals surface area (Å²) in [4.78, 5) is 40.1. The van der Waals surface area contributed by atoms with Crippen LogP contribution in [0.4, 0.5) is 5.69 Å². The lowest BCUT2D eigenvalue weighted by Gasteiger charge is -2.25. The number of aryl methyl sites for hydroxylation is 1. The van der Waals surface area contributed by atoms with Crippen molar-refractivity contribution in [1.29, 1.82) is 0 Å². The number of carbonyl (C=O) groups is 2. The van der Waals surface area contributed by atoms with E-state index in [9.17, 15) is 14.4 Å². The number of fused-ring (bicyclic) bond motifs is 2. The fraction of sp³-hybridized carbons (Fsp3) is 0.222. The standard InChI is InChI=1S/C18H15N3O5/c1-21-14-6-9-10(11-4-3-5-12(19-11)17(23)25-2)7-16(22)20-13(9)8-15(14)26-18(21)24/h3-6,8,10H,7H2,1-2H3,(H,20,22)/t10-/m0/s1. The van der Waals surface area contributed by atoms with Crippen LogP contribution in [-0.2, 0) is 16.6 Å². The van der Waals surface area contributed by atoms with Gasteiger partial charge in [0.1, 0.15) is 5.69 Å². The van der Waals surface area contributed by atoms with Gasteiger partial charge in [-0.15, -0.1) is 0 Å². The second-order valence-corrected chi connectivity index (χ2v) is 6.08. The predicted molar refractivity (Wildman–Crippen MR) is 92.1 cm³/mol. The Hall–Kier alpha value is -3.42. The van der Waals surface area contributed by atoms with Gasteiger partial charge < -0.3 is 14.5 Å². The summed E-state index contributed by atoms with van der Waals surface area (Å²) in [5.41, 5.74) is 3.15. The van der Waals surface area contributed by atoms with Gasteiger partial charge in [-0.2, -0.15) is 0 Å². The van der Waals surface area contributed by atoms with E-state index in [-0.39, 0.29) is 23.9 Å². The third-order valence-corrected chi connectivity index (χ3v) is 4.52. The molecule has 1 aliphatic rings. The Bertz CT molecular complexity index is 1110. The lowest BCUT2D eigenvalue weighted by Crippen LogP contribution is -2.24. The van der Waals surface area contributed by atoms with E-state index in [0.717, 1.165) is 5.56 Å². The zero-order chi connectivity index (χ0) is 18.4. The molecule has 0 radical (unpaired) electrons. The van der Waals surface area contributed by atoms with Gasteiger partial charge in [0.25, 0.3) is 0 Å². The fourth-order valence-electron chi connectivity index (χ4n) is 3.21. The van der Waals surface area contributed by atoms with Gasteiger partial charge >= 0.3 is 11.7 Å². The van der Waals surface area contributed by atoms with Crippen LogP contribution in [0.5, 0.6) is 0 Å². The van der Waals surface area contributed by atoms with Crippen molar-refractivity contribution in [3.05, 3.63) is 57.8 Å². The quantitative estimate of drug-likeness (QED) is 0.705. The number of ether oxygens (including phenoxy) is 1. The molecule has 8 heteroatoms. The van der Waals surface area contributed by atoms with Gasteiger partial charge in [0, 0.05) is 36.8 Å². The maximum atomic E-state index is 12.2. The van der Waals surface area contributed by atoms with E-state index < -0.39 is 11.7 Å². The Labute approximate surface area is 147 Å². The summed E-state index contributed by atoms with van der Waals surface area (Å²) in [6, 6.07) is 8.47. The van der Waals surface area contributed by atoms with Crippen molar-refractivity contribution in [3.63, 3.8) is 0 Å². The number of methoxy groups -OCH3 is 1. The van der Waals surface area contributed by atoms with E-state index in [1.54, 1.807) is 31.3 Å². The number of hydrogen-bond donors (Lipinski definition) is 1. The first-order valence-corrected chi connectivity index (χ1v) is 7.96. The molecule has 3 aromatic rings. The predicted octanol–water partition coefficient (Wildman–Crippen LogP) is 1.79. The molecule has 2 aromatic heterocycles. The molecule has 4 rings (SSSR count). The zero-order valence-corrected chi connectivity index (χ0v) is 14.1. The Morgan fingerprint density at radius 1 is 1.35 bits per heavy atom. The monoisotopic (exact) mass is 353 g/mol. The molecule has 0 unspecified atom stereocenters.